The van der Waals surface area contributed by atoms with Crippen LogP contribution in [-0.4, -0.2) is 47.0 Å². The molecular formula is C33H47N3O4. The van der Waals surface area contributed by atoms with E-state index in [1.165, 1.54) is 0 Å². The summed E-state index contributed by atoms with van der Waals surface area (Å²) in [6, 6.07) is 15.8. The monoisotopic (exact) mass is 549 g/mol. The van der Waals surface area contributed by atoms with Crippen molar-refractivity contribution in [1.29, 1.82) is 0 Å². The minimum atomic E-state index is -0.893. The van der Waals surface area contributed by atoms with Crippen molar-refractivity contribution in [3.63, 3.8) is 0 Å². The minimum absolute atomic E-state index is 0.0940. The van der Waals surface area contributed by atoms with Gasteiger partial charge in [0.2, 0.25) is 11.8 Å². The lowest BCUT2D eigenvalue weighted by Crippen LogP contribution is -2.54. The van der Waals surface area contributed by atoms with Gasteiger partial charge in [-0.2, -0.15) is 0 Å². The molecule has 0 spiro atoms. The molecule has 7 heteroatoms. The number of benzene rings is 2. The fourth-order valence-electron chi connectivity index (χ4n) is 4.91. The van der Waals surface area contributed by atoms with E-state index in [1.807, 2.05) is 54.6 Å². The summed E-state index contributed by atoms with van der Waals surface area (Å²) in [4.78, 5) is 42.9. The van der Waals surface area contributed by atoms with Gasteiger partial charge in [0, 0.05) is 19.0 Å². The van der Waals surface area contributed by atoms with E-state index in [0.29, 0.717) is 6.54 Å². The van der Waals surface area contributed by atoms with Gasteiger partial charge in [-0.05, 0) is 62.6 Å². The fourth-order valence-corrected chi connectivity index (χ4v) is 4.91. The fraction of sp³-hybridized carbons (Fsp3) is 0.545. The lowest BCUT2D eigenvalue weighted by molar-refractivity contribution is -0.143. The summed E-state index contributed by atoms with van der Waals surface area (Å²) >= 11 is 0. The minimum Gasteiger partial charge on any atom is -0.444 e. The number of rotatable bonds is 13. The first-order valence-electron chi connectivity index (χ1n) is 14.8. The molecule has 0 radical (unpaired) electrons. The van der Waals surface area contributed by atoms with Crippen molar-refractivity contribution in [2.45, 2.75) is 104 Å². The maximum Gasteiger partial charge on any atom is 0.408 e. The maximum absolute atomic E-state index is 14.5. The Morgan fingerprint density at radius 2 is 1.62 bits per heavy atom. The largest absolute Gasteiger partial charge is 0.444 e. The van der Waals surface area contributed by atoms with Crippen LogP contribution in [0, 0.1) is 5.92 Å². The number of nitrogens with zero attached hydrogens (tertiary/aromatic N) is 1. The molecule has 218 valence electrons. The number of nitrogens with one attached hydrogen (secondary N) is 2. The Balaban J connectivity index is 1.99. The second-order valence-corrected chi connectivity index (χ2v) is 11.9. The van der Waals surface area contributed by atoms with Gasteiger partial charge in [-0.25, -0.2) is 4.79 Å². The first-order valence-corrected chi connectivity index (χ1v) is 14.8. The van der Waals surface area contributed by atoms with Crippen LogP contribution in [0.25, 0.3) is 0 Å². The highest BCUT2D eigenvalue weighted by molar-refractivity contribution is 5.92. The van der Waals surface area contributed by atoms with Crippen LogP contribution < -0.4 is 10.6 Å². The predicted octanol–water partition coefficient (Wildman–Crippen LogP) is 5.97. The van der Waals surface area contributed by atoms with E-state index >= 15 is 0 Å². The van der Waals surface area contributed by atoms with E-state index in [1.54, 1.807) is 25.7 Å². The Morgan fingerprint density at radius 3 is 2.17 bits per heavy atom. The molecule has 7 nitrogen and oxygen atoms in total. The number of unbranched alkanes of at least 4 members (excludes halogenated alkanes) is 2. The smallest absolute Gasteiger partial charge is 0.408 e. The van der Waals surface area contributed by atoms with Crippen molar-refractivity contribution in [1.82, 2.24) is 15.5 Å². The Hall–Kier alpha value is -3.35. The first kappa shape index (κ1) is 31.2. The zero-order valence-corrected chi connectivity index (χ0v) is 25.0. The van der Waals surface area contributed by atoms with E-state index < -0.39 is 23.8 Å². The summed E-state index contributed by atoms with van der Waals surface area (Å²) in [7, 11) is 0. The third-order valence-electron chi connectivity index (χ3n) is 7.26. The number of aryl methyl sites for hydroxylation is 1. The Morgan fingerprint density at radius 1 is 0.975 bits per heavy atom. The van der Waals surface area contributed by atoms with Crippen LogP contribution in [0.5, 0.6) is 0 Å². The van der Waals surface area contributed by atoms with Crippen LogP contribution in [0.3, 0.4) is 0 Å². The van der Waals surface area contributed by atoms with Crippen molar-refractivity contribution < 1.29 is 19.1 Å². The van der Waals surface area contributed by atoms with Crippen molar-refractivity contribution in [3.8, 4) is 0 Å². The molecule has 2 aromatic rings. The van der Waals surface area contributed by atoms with E-state index in [-0.39, 0.29) is 30.2 Å². The van der Waals surface area contributed by atoms with Gasteiger partial charge in [0.25, 0.3) is 0 Å². The lowest BCUT2D eigenvalue weighted by Gasteiger charge is -2.35. The van der Waals surface area contributed by atoms with Crippen LogP contribution in [0.1, 0.15) is 90.0 Å². The average Bonchev–Trinajstić information content (AvgIpc) is 3.64. The number of hydrogen-bond acceptors (Lipinski definition) is 4. The molecule has 1 aliphatic rings. The van der Waals surface area contributed by atoms with Crippen molar-refractivity contribution in [2.24, 2.45) is 5.92 Å². The standard InChI is InChI=1S/C33H47N3O4/c1-7-9-13-20-34-30(37)29(26-18-16-24(8-2)17-19-26)36(28-21-23(28)3)31(38)27(22-25-14-11-10-12-15-25)35-32(39)40-33(4,5)6/h10-12,14-19,23,27-29H,7-9,13,20-22H2,1-6H3,(H,34,37)(H,35,39). The maximum atomic E-state index is 14.5. The normalized spacial score (nSPS) is 17.9. The lowest BCUT2D eigenvalue weighted by atomic mass is 9.98. The molecule has 1 saturated carbocycles. The zero-order valence-electron chi connectivity index (χ0n) is 25.0. The number of carbonyl (C=O) groups is 3. The molecule has 4 atom stereocenters. The van der Waals surface area contributed by atoms with Crippen molar-refractivity contribution >= 4 is 17.9 Å². The predicted molar refractivity (Wildman–Crippen MR) is 159 cm³/mol. The quantitative estimate of drug-likeness (QED) is 0.301. The number of alkyl carbamates (subject to hydrolysis) is 1. The number of amides is 3. The summed E-state index contributed by atoms with van der Waals surface area (Å²) in [5.74, 6) is -0.214. The van der Waals surface area contributed by atoms with Crippen molar-refractivity contribution in [3.05, 3.63) is 71.3 Å². The summed E-state index contributed by atoms with van der Waals surface area (Å²) < 4.78 is 5.53. The van der Waals surface area contributed by atoms with Crippen LogP contribution in [0.15, 0.2) is 54.6 Å². The van der Waals surface area contributed by atoms with Gasteiger partial charge in [-0.1, -0.05) is 88.2 Å². The van der Waals surface area contributed by atoms with Crippen molar-refractivity contribution in [2.75, 3.05) is 6.54 Å². The highest BCUT2D eigenvalue weighted by Crippen LogP contribution is 2.41. The van der Waals surface area contributed by atoms with E-state index in [0.717, 1.165) is 48.8 Å². The molecule has 1 aliphatic carbocycles. The van der Waals surface area contributed by atoms with E-state index in [9.17, 15) is 14.4 Å². The van der Waals surface area contributed by atoms with Gasteiger partial charge in [0.15, 0.2) is 0 Å². The van der Waals surface area contributed by atoms with Gasteiger partial charge >= 0.3 is 6.09 Å². The van der Waals surface area contributed by atoms with E-state index in [2.05, 4.69) is 31.4 Å². The summed E-state index contributed by atoms with van der Waals surface area (Å²) in [6.07, 6.45) is 4.29. The Labute approximate surface area is 240 Å². The SMILES string of the molecule is CCCCCNC(=O)C(c1ccc(CC)cc1)N(C(=O)C(Cc1ccccc1)NC(=O)OC(C)(C)C)C1CC1C. The second kappa shape index (κ2) is 14.3. The first-order chi connectivity index (χ1) is 19.0. The molecule has 4 unspecified atom stereocenters. The topological polar surface area (TPSA) is 87.7 Å². The Kier molecular flexibility index (Phi) is 11.2. The molecule has 0 aromatic heterocycles. The second-order valence-electron chi connectivity index (χ2n) is 11.9. The third kappa shape index (κ3) is 9.10. The number of hydrogen-bond donors (Lipinski definition) is 2. The molecule has 3 amide bonds. The van der Waals surface area contributed by atoms with Crippen LogP contribution >= 0.6 is 0 Å². The molecular weight excluding hydrogens is 502 g/mol. The molecule has 3 rings (SSSR count). The molecule has 0 saturated heterocycles. The average molecular weight is 550 g/mol. The molecule has 2 N–H and O–H groups in total. The summed E-state index contributed by atoms with van der Waals surface area (Å²) in [5.41, 5.74) is 2.14. The summed E-state index contributed by atoms with van der Waals surface area (Å²) in [6.45, 7) is 12.2. The van der Waals surface area contributed by atoms with E-state index in [4.69, 9.17) is 4.74 Å². The van der Waals surface area contributed by atoms with Gasteiger partial charge in [-0.3, -0.25) is 9.59 Å². The van der Waals surface area contributed by atoms with Crippen LogP contribution in [-0.2, 0) is 27.2 Å². The molecule has 2 aromatic carbocycles. The zero-order chi connectivity index (χ0) is 29.3. The number of carbonyl (C=O) groups excluding carboxylic acids is 3. The van der Waals surface area contributed by atoms with Crippen LogP contribution in [0.4, 0.5) is 4.79 Å². The Bertz CT molecular complexity index is 1110. The van der Waals surface area contributed by atoms with Crippen LogP contribution in [0.2, 0.25) is 0 Å². The number of ether oxygens (including phenoxy) is 1. The molecule has 0 bridgehead atoms. The molecule has 1 fully saturated rings. The van der Waals surface area contributed by atoms with Gasteiger partial charge in [0.1, 0.15) is 17.7 Å². The van der Waals surface area contributed by atoms with Gasteiger partial charge in [-0.15, -0.1) is 0 Å². The highest BCUT2D eigenvalue weighted by Gasteiger charge is 2.48. The molecule has 0 heterocycles. The third-order valence-corrected chi connectivity index (χ3v) is 7.26. The highest BCUT2D eigenvalue weighted by atomic mass is 16.6. The van der Waals surface area contributed by atoms with Gasteiger partial charge in [0.05, 0.1) is 0 Å². The van der Waals surface area contributed by atoms with Gasteiger partial charge < -0.3 is 20.3 Å². The molecule has 0 aliphatic heterocycles. The summed E-state index contributed by atoms with van der Waals surface area (Å²) in [5, 5.41) is 5.93. The molecule has 40 heavy (non-hydrogen) atoms.